The number of nitrogens with zero attached hydrogens (tertiary/aromatic N) is 2. The maximum absolute atomic E-state index is 12.5. The Morgan fingerprint density at radius 2 is 1.80 bits per heavy atom. The van der Waals surface area contributed by atoms with E-state index in [4.69, 9.17) is 0 Å². The van der Waals surface area contributed by atoms with Crippen LogP contribution in [0.15, 0.2) is 0 Å². The van der Waals surface area contributed by atoms with Gasteiger partial charge in [0.2, 0.25) is 5.91 Å². The smallest absolute Gasteiger partial charge is 0.240 e. The molecule has 4 heteroatoms. The van der Waals surface area contributed by atoms with Crippen molar-refractivity contribution in [2.24, 2.45) is 5.41 Å². The van der Waals surface area contributed by atoms with Gasteiger partial charge in [0.1, 0.15) is 5.41 Å². The molecule has 1 saturated carbocycles. The highest BCUT2D eigenvalue weighted by molar-refractivity contribution is 5.85. The quantitative estimate of drug-likeness (QED) is 0.803. The van der Waals surface area contributed by atoms with Crippen LogP contribution in [0.4, 0.5) is 0 Å². The van der Waals surface area contributed by atoms with Crippen molar-refractivity contribution in [2.45, 2.75) is 64.3 Å². The van der Waals surface area contributed by atoms with Crippen LogP contribution in [0, 0.1) is 16.7 Å². The van der Waals surface area contributed by atoms with Crippen LogP contribution in [0.3, 0.4) is 0 Å². The van der Waals surface area contributed by atoms with E-state index in [1.165, 1.54) is 12.8 Å². The molecule has 1 aliphatic carbocycles. The topological polar surface area (TPSA) is 56.1 Å². The average Bonchev–Trinajstić information content (AvgIpc) is 2.80. The number of rotatable bonds is 4. The Morgan fingerprint density at radius 1 is 1.20 bits per heavy atom. The van der Waals surface area contributed by atoms with Gasteiger partial charge in [-0.25, -0.2) is 0 Å². The molecule has 1 atom stereocenters. The fourth-order valence-electron chi connectivity index (χ4n) is 3.48. The van der Waals surface area contributed by atoms with Gasteiger partial charge in [-0.3, -0.25) is 4.79 Å². The van der Waals surface area contributed by atoms with Gasteiger partial charge in [-0.05, 0) is 45.7 Å². The number of amides is 1. The molecule has 1 saturated heterocycles. The maximum Gasteiger partial charge on any atom is 0.240 e. The third kappa shape index (κ3) is 3.73. The Bertz CT molecular complexity index is 360. The van der Waals surface area contributed by atoms with Crippen molar-refractivity contribution < 1.29 is 4.79 Å². The first-order chi connectivity index (χ1) is 9.66. The molecule has 2 fully saturated rings. The van der Waals surface area contributed by atoms with Gasteiger partial charge in [0.15, 0.2) is 0 Å². The van der Waals surface area contributed by atoms with E-state index < -0.39 is 5.41 Å². The summed E-state index contributed by atoms with van der Waals surface area (Å²) in [6.07, 6.45) is 8.30. The fraction of sp³-hybridized carbons (Fsp3) is 0.875. The first kappa shape index (κ1) is 15.3. The molecule has 20 heavy (non-hydrogen) atoms. The van der Waals surface area contributed by atoms with Crippen LogP contribution in [0.25, 0.3) is 0 Å². The Hall–Kier alpha value is -1.08. The van der Waals surface area contributed by atoms with Crippen molar-refractivity contribution in [2.75, 3.05) is 19.6 Å². The summed E-state index contributed by atoms with van der Waals surface area (Å²) in [5.74, 6) is -0.0337. The van der Waals surface area contributed by atoms with E-state index in [2.05, 4.69) is 23.2 Å². The van der Waals surface area contributed by atoms with Crippen LogP contribution in [0.2, 0.25) is 0 Å². The lowest BCUT2D eigenvalue weighted by molar-refractivity contribution is -0.129. The second-order valence-corrected chi connectivity index (χ2v) is 6.49. The summed E-state index contributed by atoms with van der Waals surface area (Å²) in [6.45, 7) is 5.25. The highest BCUT2D eigenvalue weighted by Crippen LogP contribution is 2.34. The Kier molecular flexibility index (Phi) is 5.42. The number of carbonyl (C=O) groups is 1. The number of carbonyl (C=O) groups excluding carboxylic acids is 1. The molecule has 0 aromatic rings. The summed E-state index contributed by atoms with van der Waals surface area (Å²) < 4.78 is 0. The first-order valence-corrected chi connectivity index (χ1v) is 8.11. The van der Waals surface area contributed by atoms with Crippen LogP contribution < -0.4 is 5.32 Å². The molecule has 2 aliphatic rings. The SMILES string of the molecule is CC(CN1CCCC1)NC(=O)C1(C#N)CCCCCC1. The molecule has 1 amide bonds. The highest BCUT2D eigenvalue weighted by Gasteiger charge is 2.39. The summed E-state index contributed by atoms with van der Waals surface area (Å²) in [6, 6.07) is 2.46. The minimum Gasteiger partial charge on any atom is -0.351 e. The van der Waals surface area contributed by atoms with E-state index in [1.54, 1.807) is 0 Å². The van der Waals surface area contributed by atoms with Gasteiger partial charge >= 0.3 is 0 Å². The van der Waals surface area contributed by atoms with Crippen molar-refractivity contribution in [3.8, 4) is 6.07 Å². The number of nitrogens with one attached hydrogen (secondary N) is 1. The molecule has 0 aromatic heterocycles. The number of likely N-dealkylation sites (tertiary alicyclic amines) is 1. The van der Waals surface area contributed by atoms with Gasteiger partial charge in [0.25, 0.3) is 0 Å². The predicted octanol–water partition coefficient (Wildman–Crippen LogP) is 2.45. The minimum absolute atomic E-state index is 0.0337. The van der Waals surface area contributed by atoms with Crippen molar-refractivity contribution in [1.82, 2.24) is 10.2 Å². The highest BCUT2D eigenvalue weighted by atomic mass is 16.2. The van der Waals surface area contributed by atoms with Crippen LogP contribution in [0.5, 0.6) is 0 Å². The molecule has 1 aliphatic heterocycles. The van der Waals surface area contributed by atoms with E-state index in [1.807, 2.05) is 0 Å². The molecular weight excluding hydrogens is 250 g/mol. The van der Waals surface area contributed by atoms with Crippen molar-refractivity contribution in [1.29, 1.82) is 5.26 Å². The number of hydrogen-bond acceptors (Lipinski definition) is 3. The number of nitriles is 1. The zero-order valence-electron chi connectivity index (χ0n) is 12.7. The molecule has 2 rings (SSSR count). The summed E-state index contributed by atoms with van der Waals surface area (Å²) in [5.41, 5.74) is -0.768. The summed E-state index contributed by atoms with van der Waals surface area (Å²) in [7, 11) is 0. The molecule has 1 N–H and O–H groups in total. The number of hydrogen-bond donors (Lipinski definition) is 1. The molecule has 0 bridgehead atoms. The van der Waals surface area contributed by atoms with Gasteiger partial charge in [0.05, 0.1) is 6.07 Å². The zero-order valence-corrected chi connectivity index (χ0v) is 12.7. The van der Waals surface area contributed by atoms with E-state index >= 15 is 0 Å². The molecule has 4 nitrogen and oxygen atoms in total. The molecular formula is C16H27N3O. The molecule has 0 aromatic carbocycles. The van der Waals surface area contributed by atoms with Crippen LogP contribution in [0.1, 0.15) is 58.3 Å². The maximum atomic E-state index is 12.5. The van der Waals surface area contributed by atoms with Crippen LogP contribution in [-0.4, -0.2) is 36.5 Å². The zero-order chi connectivity index (χ0) is 14.4. The molecule has 1 unspecified atom stereocenters. The summed E-state index contributed by atoms with van der Waals surface area (Å²) in [5, 5.41) is 12.6. The largest absolute Gasteiger partial charge is 0.351 e. The van der Waals surface area contributed by atoms with Gasteiger partial charge in [-0.1, -0.05) is 25.7 Å². The van der Waals surface area contributed by atoms with Gasteiger partial charge in [-0.15, -0.1) is 0 Å². The van der Waals surface area contributed by atoms with E-state index in [0.717, 1.165) is 58.2 Å². The predicted molar refractivity (Wildman–Crippen MR) is 79.0 cm³/mol. The third-order valence-corrected chi connectivity index (χ3v) is 4.71. The molecule has 1 heterocycles. The minimum atomic E-state index is -0.768. The summed E-state index contributed by atoms with van der Waals surface area (Å²) >= 11 is 0. The molecule has 112 valence electrons. The second kappa shape index (κ2) is 7.08. The Balaban J connectivity index is 1.89. The van der Waals surface area contributed by atoms with Crippen molar-refractivity contribution >= 4 is 5.91 Å². The standard InChI is InChI=1S/C16H27N3O/c1-14(12-19-10-6-7-11-19)18-15(20)16(13-17)8-4-2-3-5-9-16/h14H,2-12H2,1H3,(H,18,20). The third-order valence-electron chi connectivity index (χ3n) is 4.71. The lowest BCUT2D eigenvalue weighted by Crippen LogP contribution is -2.47. The van der Waals surface area contributed by atoms with Crippen molar-refractivity contribution in [3.63, 3.8) is 0 Å². The normalized spacial score (nSPS) is 24.6. The van der Waals surface area contributed by atoms with E-state index in [9.17, 15) is 10.1 Å². The monoisotopic (exact) mass is 277 g/mol. The Labute approximate surface area is 122 Å². The fourth-order valence-corrected chi connectivity index (χ4v) is 3.48. The first-order valence-electron chi connectivity index (χ1n) is 8.11. The Morgan fingerprint density at radius 3 is 2.35 bits per heavy atom. The summed E-state index contributed by atoms with van der Waals surface area (Å²) in [4.78, 5) is 14.9. The van der Waals surface area contributed by atoms with Gasteiger partial charge in [0, 0.05) is 12.6 Å². The molecule has 0 radical (unpaired) electrons. The lowest BCUT2D eigenvalue weighted by atomic mass is 9.81. The van der Waals surface area contributed by atoms with Gasteiger partial charge in [-0.2, -0.15) is 5.26 Å². The second-order valence-electron chi connectivity index (χ2n) is 6.49. The molecule has 0 spiro atoms. The van der Waals surface area contributed by atoms with E-state index in [0.29, 0.717) is 0 Å². The van der Waals surface area contributed by atoms with Crippen LogP contribution in [-0.2, 0) is 4.79 Å². The lowest BCUT2D eigenvalue weighted by Gasteiger charge is -2.27. The van der Waals surface area contributed by atoms with Crippen LogP contribution >= 0.6 is 0 Å². The van der Waals surface area contributed by atoms with Crippen molar-refractivity contribution in [3.05, 3.63) is 0 Å². The van der Waals surface area contributed by atoms with E-state index in [-0.39, 0.29) is 11.9 Å². The average molecular weight is 277 g/mol. The van der Waals surface area contributed by atoms with Gasteiger partial charge < -0.3 is 10.2 Å².